The van der Waals surface area contributed by atoms with Crippen LogP contribution < -0.4 is 15.9 Å². The standard InChI is InChI=1S/C21H21O2P.BrH/c1-23-21(22)24(2,18-12-6-3-7-13-18,19-14-8-4-9-15-19)20-16-10-5-11-17-20;/h3-17H,1-2H3;1H. The van der Waals surface area contributed by atoms with Crippen LogP contribution in [0.3, 0.4) is 0 Å². The van der Waals surface area contributed by atoms with Crippen LogP contribution in [0.25, 0.3) is 0 Å². The number of rotatable bonds is 4. The Morgan fingerprint density at radius 2 is 0.960 bits per heavy atom. The van der Waals surface area contributed by atoms with Crippen LogP contribution in [0.1, 0.15) is 0 Å². The topological polar surface area (TPSA) is 26.3 Å². The fraction of sp³-hybridized carbons (Fsp3) is 0.0952. The Labute approximate surface area is 159 Å². The average molecular weight is 417 g/mol. The quantitative estimate of drug-likeness (QED) is 0.585. The predicted octanol–water partition coefficient (Wildman–Crippen LogP) is 4.49. The first-order chi connectivity index (χ1) is 11.6. The van der Waals surface area contributed by atoms with Gasteiger partial charge >= 0.3 is 143 Å². The summed E-state index contributed by atoms with van der Waals surface area (Å²) in [6.45, 7) is -1.32. The second kappa shape index (κ2) is 7.51. The third-order valence-corrected chi connectivity index (χ3v) is 10.7. The fourth-order valence-electron chi connectivity index (χ4n) is 3.39. The van der Waals surface area contributed by atoms with E-state index in [4.69, 9.17) is 4.74 Å². The van der Waals surface area contributed by atoms with E-state index in [0.717, 1.165) is 15.9 Å². The molecule has 0 saturated heterocycles. The van der Waals surface area contributed by atoms with Gasteiger partial charge in [0.25, 0.3) is 0 Å². The summed E-state index contributed by atoms with van der Waals surface area (Å²) in [5.74, 6) is 0. The number of halogens is 1. The molecule has 3 aromatic carbocycles. The summed E-state index contributed by atoms with van der Waals surface area (Å²) in [7, 11) is 1.47. The van der Waals surface area contributed by atoms with Crippen molar-refractivity contribution in [2.75, 3.05) is 13.8 Å². The molecule has 0 amide bonds. The van der Waals surface area contributed by atoms with Crippen molar-refractivity contribution in [1.29, 1.82) is 0 Å². The Hall–Kier alpha value is -1.96. The number of methoxy groups -OCH3 is 1. The number of benzene rings is 3. The van der Waals surface area contributed by atoms with Crippen LogP contribution >= 0.6 is 23.6 Å². The third kappa shape index (κ3) is 2.82. The molecule has 3 aromatic rings. The Morgan fingerprint density at radius 1 is 0.680 bits per heavy atom. The first kappa shape index (κ1) is 19.4. The Bertz CT molecular complexity index is 736. The number of carbonyl (C=O) groups excluding carboxylic acids is 1. The molecular weight excluding hydrogens is 395 g/mol. The first-order valence-corrected chi connectivity index (χ1v) is 10.6. The van der Waals surface area contributed by atoms with Gasteiger partial charge in [0, 0.05) is 0 Å². The van der Waals surface area contributed by atoms with Crippen LogP contribution in [-0.2, 0) is 4.74 Å². The first-order valence-electron chi connectivity index (χ1n) is 7.89. The maximum atomic E-state index is 13.4. The van der Waals surface area contributed by atoms with Crippen molar-refractivity contribution in [3.05, 3.63) is 91.0 Å². The summed E-state index contributed by atoms with van der Waals surface area (Å²) in [6, 6.07) is 30.0. The second-order valence-corrected chi connectivity index (χ2v) is 11.1. The summed E-state index contributed by atoms with van der Waals surface area (Å²) < 4.78 is 5.40. The SMILES string of the molecule is Br.COC(=O)P(C)(c1ccccc1)(c1ccccc1)c1ccccc1. The molecule has 0 aromatic heterocycles. The molecule has 0 heterocycles. The van der Waals surface area contributed by atoms with Gasteiger partial charge in [-0.3, -0.25) is 0 Å². The number of carbonyl (C=O) groups is 1. The molecule has 4 heteroatoms. The van der Waals surface area contributed by atoms with E-state index in [1.807, 2.05) is 91.0 Å². The molecule has 0 N–H and O–H groups in total. The number of hydrogen-bond acceptors (Lipinski definition) is 2. The monoisotopic (exact) mass is 416 g/mol. The molecule has 0 spiro atoms. The van der Waals surface area contributed by atoms with E-state index in [0.29, 0.717) is 0 Å². The van der Waals surface area contributed by atoms with Crippen LogP contribution in [0.15, 0.2) is 91.0 Å². The van der Waals surface area contributed by atoms with Crippen molar-refractivity contribution in [2.24, 2.45) is 0 Å². The zero-order valence-electron chi connectivity index (χ0n) is 14.3. The van der Waals surface area contributed by atoms with Crippen molar-refractivity contribution in [3.8, 4) is 0 Å². The van der Waals surface area contributed by atoms with Gasteiger partial charge in [-0.25, -0.2) is 0 Å². The molecule has 0 atom stereocenters. The summed E-state index contributed by atoms with van der Waals surface area (Å²) >= 11 is 0. The van der Waals surface area contributed by atoms with Crippen LogP contribution in [-0.4, -0.2) is 19.5 Å². The zero-order chi connectivity index (χ0) is 17.1. The summed E-state index contributed by atoms with van der Waals surface area (Å²) in [4.78, 5) is 13.4. The van der Waals surface area contributed by atoms with E-state index < -0.39 is 6.60 Å². The van der Waals surface area contributed by atoms with Gasteiger partial charge in [0.05, 0.1) is 0 Å². The molecular formula is C21H22BrO2P. The molecule has 0 fully saturated rings. The van der Waals surface area contributed by atoms with Gasteiger partial charge in [-0.05, 0) is 0 Å². The average Bonchev–Trinajstić information content (AvgIpc) is 2.69. The van der Waals surface area contributed by atoms with Crippen molar-refractivity contribution in [3.63, 3.8) is 0 Å². The molecule has 3 rings (SSSR count). The molecule has 0 radical (unpaired) electrons. The van der Waals surface area contributed by atoms with Crippen LogP contribution in [0.5, 0.6) is 0 Å². The van der Waals surface area contributed by atoms with Crippen molar-refractivity contribution >= 4 is 45.2 Å². The van der Waals surface area contributed by atoms with Gasteiger partial charge in [0.15, 0.2) is 0 Å². The van der Waals surface area contributed by atoms with Gasteiger partial charge in [-0.1, -0.05) is 0 Å². The summed E-state index contributed by atoms with van der Waals surface area (Å²) in [5, 5.41) is 3.02. The molecule has 0 aliphatic heterocycles. The second-order valence-electron chi connectivity index (χ2n) is 6.04. The molecule has 0 unspecified atom stereocenters. The Morgan fingerprint density at radius 3 is 1.20 bits per heavy atom. The van der Waals surface area contributed by atoms with Gasteiger partial charge < -0.3 is 0 Å². The van der Waals surface area contributed by atoms with Gasteiger partial charge in [-0.2, -0.15) is 0 Å². The maximum absolute atomic E-state index is 13.4. The van der Waals surface area contributed by atoms with E-state index >= 15 is 0 Å². The van der Waals surface area contributed by atoms with Crippen LogP contribution in [0, 0.1) is 0 Å². The van der Waals surface area contributed by atoms with Gasteiger partial charge in [0.2, 0.25) is 0 Å². The third-order valence-electron chi connectivity index (χ3n) is 4.84. The summed E-state index contributed by atoms with van der Waals surface area (Å²) in [5.41, 5.74) is -0.176. The molecule has 130 valence electrons. The van der Waals surface area contributed by atoms with Crippen molar-refractivity contribution in [1.82, 2.24) is 0 Å². The van der Waals surface area contributed by atoms with E-state index in [1.165, 1.54) is 7.11 Å². The van der Waals surface area contributed by atoms with Crippen molar-refractivity contribution in [2.45, 2.75) is 0 Å². The van der Waals surface area contributed by atoms with Gasteiger partial charge in [-0.15, -0.1) is 17.0 Å². The minimum absolute atomic E-state index is 0. The molecule has 25 heavy (non-hydrogen) atoms. The molecule has 2 nitrogen and oxygen atoms in total. The molecule has 0 bridgehead atoms. The Balaban J connectivity index is 0.00000225. The Kier molecular flexibility index (Phi) is 5.82. The van der Waals surface area contributed by atoms with E-state index in [9.17, 15) is 4.79 Å². The van der Waals surface area contributed by atoms with E-state index in [1.54, 1.807) is 0 Å². The number of hydrogen-bond donors (Lipinski definition) is 0. The predicted molar refractivity (Wildman–Crippen MR) is 114 cm³/mol. The van der Waals surface area contributed by atoms with Crippen LogP contribution in [0.4, 0.5) is 4.79 Å². The normalized spacial score (nSPS) is 12.3. The van der Waals surface area contributed by atoms with E-state index in [2.05, 4.69) is 6.66 Å². The fourth-order valence-corrected chi connectivity index (χ4v) is 8.13. The van der Waals surface area contributed by atoms with Crippen molar-refractivity contribution < 1.29 is 9.53 Å². The summed E-state index contributed by atoms with van der Waals surface area (Å²) in [6.07, 6.45) is 0. The zero-order valence-corrected chi connectivity index (χ0v) is 16.9. The number of ether oxygens (including phenoxy) is 1. The molecule has 0 saturated carbocycles. The van der Waals surface area contributed by atoms with E-state index in [-0.39, 0.29) is 22.7 Å². The van der Waals surface area contributed by atoms with Gasteiger partial charge in [0.1, 0.15) is 0 Å². The molecule has 0 aliphatic rings. The molecule has 0 aliphatic carbocycles. The minimum atomic E-state index is -3.40. The van der Waals surface area contributed by atoms with Crippen LogP contribution in [0.2, 0.25) is 0 Å².